The number of hydrogen-bond donors (Lipinski definition) is 2. The normalized spacial score (nSPS) is 20.3. The topological polar surface area (TPSA) is 71.1 Å². The first-order valence-corrected chi connectivity index (χ1v) is 10.1. The zero-order valence-corrected chi connectivity index (χ0v) is 17.6. The number of carbonyl (C=O) groups is 2. The highest BCUT2D eigenvalue weighted by Crippen LogP contribution is 2.46. The van der Waals surface area contributed by atoms with Crippen LogP contribution in [-0.4, -0.2) is 16.7 Å². The quantitative estimate of drug-likeness (QED) is 0.757. The largest absolute Gasteiger partial charge is 0.362 e. The zero-order chi connectivity index (χ0) is 22.3. The summed E-state index contributed by atoms with van der Waals surface area (Å²) < 4.78 is 27.4. The number of allylic oxidation sites excluding steroid dienone is 3. The molecule has 7 heteroatoms. The van der Waals surface area contributed by atoms with Gasteiger partial charge in [-0.3, -0.25) is 14.6 Å². The third-order valence-electron chi connectivity index (χ3n) is 5.68. The van der Waals surface area contributed by atoms with Gasteiger partial charge in [0.05, 0.1) is 5.69 Å². The lowest BCUT2D eigenvalue weighted by Gasteiger charge is -2.39. The Morgan fingerprint density at radius 1 is 1.23 bits per heavy atom. The van der Waals surface area contributed by atoms with Crippen molar-refractivity contribution in [3.63, 3.8) is 0 Å². The first kappa shape index (κ1) is 20.9. The number of carbonyl (C=O) groups excluding carboxylic acids is 2. The summed E-state index contributed by atoms with van der Waals surface area (Å²) in [5.74, 6) is -2.82. The number of amides is 1. The number of aromatic nitrogens is 1. The summed E-state index contributed by atoms with van der Waals surface area (Å²) in [6.07, 6.45) is 4.29. The van der Waals surface area contributed by atoms with Crippen molar-refractivity contribution in [3.05, 3.63) is 82.5 Å². The van der Waals surface area contributed by atoms with Gasteiger partial charge in [-0.25, -0.2) is 8.78 Å². The first-order valence-electron chi connectivity index (χ1n) is 10.1. The molecular formula is C24H23F2N3O2. The molecule has 1 atom stereocenters. The molecule has 31 heavy (non-hydrogen) atoms. The molecule has 1 aromatic carbocycles. The number of nitrogens with zero attached hydrogens (tertiary/aromatic N) is 1. The van der Waals surface area contributed by atoms with Crippen molar-refractivity contribution in [1.29, 1.82) is 0 Å². The van der Waals surface area contributed by atoms with E-state index in [1.807, 2.05) is 19.9 Å². The fraction of sp³-hybridized carbons (Fsp3) is 0.292. The Hall–Kier alpha value is -3.35. The second-order valence-electron chi connectivity index (χ2n) is 8.79. The molecule has 5 nitrogen and oxygen atoms in total. The van der Waals surface area contributed by atoms with E-state index in [0.29, 0.717) is 41.3 Å². The lowest BCUT2D eigenvalue weighted by atomic mass is 9.68. The number of halogens is 2. The van der Waals surface area contributed by atoms with Gasteiger partial charge in [-0.05, 0) is 42.5 Å². The molecule has 0 saturated carbocycles. The smallest absolute Gasteiger partial charge is 0.254 e. The highest BCUT2D eigenvalue weighted by molar-refractivity contribution is 6.10. The van der Waals surface area contributed by atoms with Crippen molar-refractivity contribution in [2.45, 2.75) is 39.5 Å². The zero-order valence-electron chi connectivity index (χ0n) is 17.6. The Balaban J connectivity index is 1.79. The highest BCUT2D eigenvalue weighted by atomic mass is 19.1. The molecule has 1 amide bonds. The monoisotopic (exact) mass is 423 g/mol. The number of hydrogen-bond acceptors (Lipinski definition) is 4. The van der Waals surface area contributed by atoms with Gasteiger partial charge in [0.2, 0.25) is 0 Å². The average molecular weight is 423 g/mol. The number of benzene rings is 1. The lowest BCUT2D eigenvalue weighted by molar-refractivity contribution is -0.118. The fourth-order valence-electron chi connectivity index (χ4n) is 4.40. The molecule has 0 bridgehead atoms. The van der Waals surface area contributed by atoms with Gasteiger partial charge in [-0.1, -0.05) is 19.9 Å². The van der Waals surface area contributed by atoms with Crippen LogP contribution in [0.1, 0.15) is 45.1 Å². The first-order chi connectivity index (χ1) is 14.7. The minimum absolute atomic E-state index is 0.0293. The SMILES string of the molecule is CC1=C(C(=O)Nc2ccc(F)cc2F)C(c2cccnc2)C2=C(CC(C)(C)CC2=O)N1. The Morgan fingerprint density at radius 2 is 2.00 bits per heavy atom. The molecule has 1 aromatic heterocycles. The predicted octanol–water partition coefficient (Wildman–Crippen LogP) is 4.60. The van der Waals surface area contributed by atoms with Crippen LogP contribution in [0.3, 0.4) is 0 Å². The van der Waals surface area contributed by atoms with Crippen LogP contribution in [0.2, 0.25) is 0 Å². The van der Waals surface area contributed by atoms with Gasteiger partial charge in [0.25, 0.3) is 5.91 Å². The van der Waals surface area contributed by atoms with E-state index >= 15 is 0 Å². The fourth-order valence-corrected chi connectivity index (χ4v) is 4.40. The highest BCUT2D eigenvalue weighted by Gasteiger charge is 2.42. The van der Waals surface area contributed by atoms with E-state index in [1.165, 1.54) is 6.07 Å². The molecule has 1 unspecified atom stereocenters. The summed E-state index contributed by atoms with van der Waals surface area (Å²) in [6, 6.07) is 6.53. The lowest BCUT2D eigenvalue weighted by Crippen LogP contribution is -2.39. The van der Waals surface area contributed by atoms with Gasteiger partial charge in [0.15, 0.2) is 5.78 Å². The molecule has 160 valence electrons. The second-order valence-corrected chi connectivity index (χ2v) is 8.79. The second kappa shape index (κ2) is 7.72. The van der Waals surface area contributed by atoms with Crippen LogP contribution in [0.4, 0.5) is 14.5 Å². The maximum absolute atomic E-state index is 14.2. The van der Waals surface area contributed by atoms with Crippen molar-refractivity contribution in [2.24, 2.45) is 5.41 Å². The van der Waals surface area contributed by atoms with Gasteiger partial charge in [0, 0.05) is 53.3 Å². The molecule has 2 heterocycles. The van der Waals surface area contributed by atoms with Gasteiger partial charge < -0.3 is 10.6 Å². The van der Waals surface area contributed by atoms with Crippen LogP contribution < -0.4 is 10.6 Å². The molecule has 0 radical (unpaired) electrons. The van der Waals surface area contributed by atoms with E-state index in [0.717, 1.165) is 11.8 Å². The van der Waals surface area contributed by atoms with Crippen LogP contribution in [0, 0.1) is 17.0 Å². The van der Waals surface area contributed by atoms with Crippen LogP contribution in [-0.2, 0) is 9.59 Å². The number of ketones is 1. The molecule has 2 aliphatic rings. The Labute approximate surface area is 179 Å². The Kier molecular flexibility index (Phi) is 5.21. The Morgan fingerprint density at radius 3 is 2.68 bits per heavy atom. The molecular weight excluding hydrogens is 400 g/mol. The van der Waals surface area contributed by atoms with Crippen LogP contribution >= 0.6 is 0 Å². The third-order valence-corrected chi connectivity index (χ3v) is 5.68. The van der Waals surface area contributed by atoms with Gasteiger partial charge >= 0.3 is 0 Å². The summed E-state index contributed by atoms with van der Waals surface area (Å²) in [6.45, 7) is 5.83. The minimum Gasteiger partial charge on any atom is -0.362 e. The average Bonchev–Trinajstić information content (AvgIpc) is 2.68. The standard InChI is InChI=1S/C24H23F2N3O2/c1-13-20(23(31)29-17-7-6-15(25)9-16(17)26)21(14-5-4-8-27-12-14)22-18(28-13)10-24(2,3)11-19(22)30/h4-9,12,21,28H,10-11H2,1-3H3,(H,29,31). The maximum atomic E-state index is 14.2. The van der Waals surface area contributed by atoms with Gasteiger partial charge in [0.1, 0.15) is 11.6 Å². The number of pyridine rings is 1. The summed E-state index contributed by atoms with van der Waals surface area (Å²) >= 11 is 0. The number of rotatable bonds is 3. The van der Waals surface area contributed by atoms with Crippen LogP contribution in [0.5, 0.6) is 0 Å². The number of nitrogens with one attached hydrogen (secondary N) is 2. The van der Waals surface area contributed by atoms with Crippen molar-refractivity contribution in [3.8, 4) is 0 Å². The van der Waals surface area contributed by atoms with Crippen molar-refractivity contribution >= 4 is 17.4 Å². The van der Waals surface area contributed by atoms with E-state index in [-0.39, 0.29) is 16.9 Å². The molecule has 1 aliphatic heterocycles. The molecule has 4 rings (SSSR count). The number of anilines is 1. The summed E-state index contributed by atoms with van der Waals surface area (Å²) in [5, 5.41) is 5.78. The van der Waals surface area contributed by atoms with Gasteiger partial charge in [-0.15, -0.1) is 0 Å². The van der Waals surface area contributed by atoms with Crippen molar-refractivity contribution in [1.82, 2.24) is 10.3 Å². The van der Waals surface area contributed by atoms with E-state index in [2.05, 4.69) is 15.6 Å². The van der Waals surface area contributed by atoms with E-state index < -0.39 is 23.5 Å². The van der Waals surface area contributed by atoms with Crippen molar-refractivity contribution < 1.29 is 18.4 Å². The van der Waals surface area contributed by atoms with Crippen LogP contribution in [0.15, 0.2) is 65.3 Å². The molecule has 1 aliphatic carbocycles. The van der Waals surface area contributed by atoms with E-state index in [1.54, 1.807) is 25.4 Å². The van der Waals surface area contributed by atoms with E-state index in [4.69, 9.17) is 0 Å². The van der Waals surface area contributed by atoms with Crippen molar-refractivity contribution in [2.75, 3.05) is 5.32 Å². The summed E-state index contributed by atoms with van der Waals surface area (Å²) in [5.41, 5.74) is 2.61. The maximum Gasteiger partial charge on any atom is 0.254 e. The number of Topliss-reactive ketones (excluding diaryl/α,β-unsaturated/α-hetero) is 1. The third kappa shape index (κ3) is 4.00. The number of dihydropyridines is 1. The Bertz CT molecular complexity index is 1140. The molecule has 0 fully saturated rings. The van der Waals surface area contributed by atoms with Crippen LogP contribution in [0.25, 0.3) is 0 Å². The molecule has 2 N–H and O–H groups in total. The molecule has 0 spiro atoms. The summed E-state index contributed by atoms with van der Waals surface area (Å²) in [4.78, 5) is 30.6. The molecule has 0 saturated heterocycles. The summed E-state index contributed by atoms with van der Waals surface area (Å²) in [7, 11) is 0. The van der Waals surface area contributed by atoms with E-state index in [9.17, 15) is 18.4 Å². The molecule has 2 aromatic rings. The minimum atomic E-state index is -0.872. The predicted molar refractivity (Wildman–Crippen MR) is 113 cm³/mol. The van der Waals surface area contributed by atoms with Gasteiger partial charge in [-0.2, -0.15) is 0 Å².